The van der Waals surface area contributed by atoms with Gasteiger partial charge in [0.05, 0.1) is 0 Å². The molecule has 0 aromatic heterocycles. The molecule has 12 heteroatoms. The molecular weight excluding hydrogens is 606 g/mol. The van der Waals surface area contributed by atoms with Crippen molar-refractivity contribution in [3.8, 4) is 0 Å². The number of nitrogens with one attached hydrogen (secondary N) is 2. The summed E-state index contributed by atoms with van der Waals surface area (Å²) in [5.41, 5.74) is -1.19. The lowest BCUT2D eigenvalue weighted by atomic mass is 10.0. The molecule has 1 heterocycles. The molecular formula is C35H61N3O9. The summed E-state index contributed by atoms with van der Waals surface area (Å²) in [6.45, 7) is 11.2. The Bertz CT molecular complexity index is 985. The third kappa shape index (κ3) is 22.1. The number of ether oxygens (including phenoxy) is 2. The van der Waals surface area contributed by atoms with Gasteiger partial charge in [-0.05, 0) is 73.6 Å². The first-order valence-corrected chi connectivity index (χ1v) is 17.6. The van der Waals surface area contributed by atoms with Crippen molar-refractivity contribution in [2.45, 2.75) is 181 Å². The number of carbonyl (C=O) groups excluding carboxylic acids is 6. The van der Waals surface area contributed by atoms with Crippen LogP contribution >= 0.6 is 0 Å². The van der Waals surface area contributed by atoms with Crippen LogP contribution in [0.25, 0.3) is 0 Å². The number of amides is 4. The van der Waals surface area contributed by atoms with Gasteiger partial charge in [0, 0.05) is 32.2 Å². The highest BCUT2D eigenvalue weighted by molar-refractivity contribution is 6.01. The van der Waals surface area contributed by atoms with E-state index in [9.17, 15) is 28.8 Å². The van der Waals surface area contributed by atoms with Crippen molar-refractivity contribution in [1.82, 2.24) is 15.7 Å². The van der Waals surface area contributed by atoms with E-state index in [1.54, 1.807) is 20.8 Å². The second-order valence-corrected chi connectivity index (χ2v) is 14.4. The van der Waals surface area contributed by atoms with E-state index in [0.717, 1.165) is 38.5 Å². The van der Waals surface area contributed by atoms with E-state index in [-0.39, 0.29) is 31.1 Å². The molecule has 0 bridgehead atoms. The fraction of sp³-hybridized carbons (Fsp3) is 0.829. The largest absolute Gasteiger partial charge is 0.460 e. The van der Waals surface area contributed by atoms with Crippen LogP contribution in [0.2, 0.25) is 0 Å². The minimum Gasteiger partial charge on any atom is -0.460 e. The van der Waals surface area contributed by atoms with Gasteiger partial charge >= 0.3 is 18.0 Å². The molecule has 2 N–H and O–H groups in total. The molecule has 0 aromatic carbocycles. The quantitative estimate of drug-likeness (QED) is 0.0698. The second kappa shape index (κ2) is 22.4. The summed E-state index contributed by atoms with van der Waals surface area (Å²) < 4.78 is 10.6. The molecule has 12 nitrogen and oxygen atoms in total. The first-order valence-electron chi connectivity index (χ1n) is 17.6. The van der Waals surface area contributed by atoms with Crippen LogP contribution in [0.5, 0.6) is 0 Å². The molecule has 0 saturated carbocycles. The minimum atomic E-state index is -1.12. The first-order chi connectivity index (χ1) is 22.1. The molecule has 0 aliphatic carbocycles. The van der Waals surface area contributed by atoms with E-state index < -0.39 is 41.1 Å². The molecule has 1 rings (SSSR count). The smallest absolute Gasteiger partial charge is 0.408 e. The molecule has 47 heavy (non-hydrogen) atoms. The highest BCUT2D eigenvalue weighted by Gasteiger charge is 2.35. The van der Waals surface area contributed by atoms with Crippen molar-refractivity contribution in [3.05, 3.63) is 0 Å². The average molecular weight is 668 g/mol. The predicted octanol–water partition coefficient (Wildman–Crippen LogP) is 6.58. The number of rotatable bonds is 23. The lowest BCUT2D eigenvalue weighted by molar-refractivity contribution is -0.199. The van der Waals surface area contributed by atoms with Crippen molar-refractivity contribution in [1.29, 1.82) is 0 Å². The van der Waals surface area contributed by atoms with Crippen LogP contribution in [0, 0.1) is 0 Å². The molecule has 270 valence electrons. The highest BCUT2D eigenvalue weighted by atomic mass is 16.7. The van der Waals surface area contributed by atoms with E-state index in [1.807, 2.05) is 20.8 Å². The van der Waals surface area contributed by atoms with Gasteiger partial charge in [0.25, 0.3) is 11.8 Å². The zero-order valence-electron chi connectivity index (χ0n) is 29.8. The summed E-state index contributed by atoms with van der Waals surface area (Å²) in [5.74, 6) is -2.24. The van der Waals surface area contributed by atoms with Crippen LogP contribution in [-0.4, -0.2) is 64.6 Å². The van der Waals surface area contributed by atoms with Crippen molar-refractivity contribution in [2.24, 2.45) is 0 Å². The van der Waals surface area contributed by atoms with Crippen molar-refractivity contribution in [2.75, 3.05) is 6.54 Å². The molecule has 0 aromatic rings. The fourth-order valence-corrected chi connectivity index (χ4v) is 5.02. The molecule has 1 aliphatic heterocycles. The molecule has 4 amide bonds. The number of carbonyl (C=O) groups is 6. The van der Waals surface area contributed by atoms with E-state index in [0.29, 0.717) is 37.3 Å². The van der Waals surface area contributed by atoms with Crippen LogP contribution < -0.4 is 10.6 Å². The Morgan fingerprint density at radius 3 is 1.62 bits per heavy atom. The van der Waals surface area contributed by atoms with E-state index in [1.165, 1.54) is 38.5 Å². The van der Waals surface area contributed by atoms with Gasteiger partial charge in [-0.2, -0.15) is 0 Å². The number of unbranched alkanes of at least 4 members (excludes halogenated alkanes) is 12. The Morgan fingerprint density at radius 1 is 0.660 bits per heavy atom. The first kappa shape index (κ1) is 41.8. The van der Waals surface area contributed by atoms with E-state index in [2.05, 4.69) is 10.6 Å². The molecule has 1 atom stereocenters. The number of hydroxylamine groups is 2. The average Bonchev–Trinajstić information content (AvgIpc) is 3.26. The fourth-order valence-electron chi connectivity index (χ4n) is 5.02. The Labute approximate surface area is 281 Å². The summed E-state index contributed by atoms with van der Waals surface area (Å²) in [7, 11) is 0. The number of hydrogen-bond acceptors (Lipinski definition) is 9. The summed E-state index contributed by atoms with van der Waals surface area (Å²) in [6, 6.07) is -1.12. The molecule has 1 saturated heterocycles. The normalized spacial score (nSPS) is 14.1. The Hall–Kier alpha value is -3.18. The van der Waals surface area contributed by atoms with Crippen molar-refractivity contribution < 1.29 is 43.1 Å². The summed E-state index contributed by atoms with van der Waals surface area (Å²) in [6.07, 6.45) is 14.8. The van der Waals surface area contributed by atoms with Gasteiger partial charge < -0.3 is 24.9 Å². The number of hydrogen-bond donors (Lipinski definition) is 2. The lowest BCUT2D eigenvalue weighted by Crippen LogP contribution is -2.46. The van der Waals surface area contributed by atoms with Gasteiger partial charge in [-0.1, -0.05) is 64.2 Å². The second-order valence-electron chi connectivity index (χ2n) is 14.4. The molecule has 1 aliphatic rings. The van der Waals surface area contributed by atoms with Crippen LogP contribution in [0.3, 0.4) is 0 Å². The predicted molar refractivity (Wildman–Crippen MR) is 178 cm³/mol. The zero-order chi connectivity index (χ0) is 35.3. The van der Waals surface area contributed by atoms with Gasteiger partial charge in [-0.3, -0.25) is 19.2 Å². The SMILES string of the molecule is CC(C)(C)OC(=O)CCCCCCCCCCCCCCC(=O)NCCCCC(NC(=O)OC(C)(C)C)C(=O)ON1C(=O)CCC1=O. The third-order valence-electron chi connectivity index (χ3n) is 7.36. The highest BCUT2D eigenvalue weighted by Crippen LogP contribution is 2.16. The lowest BCUT2D eigenvalue weighted by Gasteiger charge is -2.23. The van der Waals surface area contributed by atoms with Gasteiger partial charge in [0.1, 0.15) is 17.2 Å². The summed E-state index contributed by atoms with van der Waals surface area (Å²) in [5, 5.41) is 5.82. The number of nitrogens with zero attached hydrogens (tertiary/aromatic N) is 1. The number of alkyl carbamates (subject to hydrolysis) is 1. The monoisotopic (exact) mass is 667 g/mol. The number of esters is 1. The van der Waals surface area contributed by atoms with Crippen molar-refractivity contribution >= 4 is 35.8 Å². The zero-order valence-corrected chi connectivity index (χ0v) is 29.8. The van der Waals surface area contributed by atoms with Crippen LogP contribution in [0.4, 0.5) is 4.79 Å². The van der Waals surface area contributed by atoms with Gasteiger partial charge in [-0.25, -0.2) is 9.59 Å². The van der Waals surface area contributed by atoms with Crippen molar-refractivity contribution in [3.63, 3.8) is 0 Å². The standard InChI is InChI=1S/C35H61N3O9/c1-34(2,3)45-31(42)23-18-16-14-12-10-8-7-9-11-13-15-17-22-28(39)36-26-20-19-21-27(37-33(44)46-35(4,5)6)32(43)47-38-29(40)24-25-30(38)41/h27H,7-26H2,1-6H3,(H,36,39)(H,37,44). The van der Waals surface area contributed by atoms with Crippen LogP contribution in [-0.2, 0) is 38.3 Å². The summed E-state index contributed by atoms with van der Waals surface area (Å²) >= 11 is 0. The maximum atomic E-state index is 12.7. The number of imide groups is 1. The topological polar surface area (TPSA) is 157 Å². The van der Waals surface area contributed by atoms with E-state index >= 15 is 0 Å². The molecule has 0 radical (unpaired) electrons. The Kier molecular flexibility index (Phi) is 19.9. The van der Waals surface area contributed by atoms with Gasteiger partial charge in [0.15, 0.2) is 0 Å². The van der Waals surface area contributed by atoms with Crippen LogP contribution in [0.1, 0.15) is 164 Å². The molecule has 1 fully saturated rings. The maximum absolute atomic E-state index is 12.7. The maximum Gasteiger partial charge on any atom is 0.408 e. The van der Waals surface area contributed by atoms with E-state index in [4.69, 9.17) is 14.3 Å². The van der Waals surface area contributed by atoms with Gasteiger partial charge in [-0.15, -0.1) is 5.06 Å². The third-order valence-corrected chi connectivity index (χ3v) is 7.36. The Morgan fingerprint density at radius 2 is 1.13 bits per heavy atom. The van der Waals surface area contributed by atoms with Crippen LogP contribution in [0.15, 0.2) is 0 Å². The molecule has 0 spiro atoms. The Balaban J connectivity index is 2.10. The molecule has 1 unspecified atom stereocenters. The minimum absolute atomic E-state index is 0.00927. The summed E-state index contributed by atoms with van der Waals surface area (Å²) in [4.78, 5) is 77.6. The van der Waals surface area contributed by atoms with Gasteiger partial charge in [0.2, 0.25) is 5.91 Å².